The van der Waals surface area contributed by atoms with Crippen LogP contribution in [0.5, 0.6) is 0 Å². The van der Waals surface area contributed by atoms with Gasteiger partial charge in [0, 0.05) is 18.4 Å². The third-order valence-electron chi connectivity index (χ3n) is 2.17. The molecule has 4 N–H and O–H groups in total. The molecule has 0 aliphatic heterocycles. The molecule has 0 fully saturated rings. The molecule has 0 spiro atoms. The third kappa shape index (κ3) is 7.92. The Hall–Kier alpha value is -0.700. The van der Waals surface area contributed by atoms with Gasteiger partial charge in [-0.05, 0) is 19.3 Å². The summed E-state index contributed by atoms with van der Waals surface area (Å²) >= 11 is 0. The molecule has 0 rings (SSSR count). The number of unbranched alkanes of at least 4 members (excludes halogenated alkanes) is 3. The summed E-state index contributed by atoms with van der Waals surface area (Å²) < 4.78 is 0. The van der Waals surface area contributed by atoms with E-state index in [9.17, 15) is 0 Å². The monoisotopic (exact) mass is 199 g/mol. The second-order valence-electron chi connectivity index (χ2n) is 3.75. The molecule has 14 heavy (non-hydrogen) atoms. The van der Waals surface area contributed by atoms with E-state index in [0.29, 0.717) is 0 Å². The van der Waals surface area contributed by atoms with Crippen molar-refractivity contribution in [3.63, 3.8) is 0 Å². The quantitative estimate of drug-likeness (QED) is 0.358. The Bertz CT molecular complexity index is 155. The smallest absolute Gasteiger partial charge is 0.0342 e. The van der Waals surface area contributed by atoms with Crippen LogP contribution < -0.4 is 11.6 Å². The average molecular weight is 199 g/mol. The summed E-state index contributed by atoms with van der Waals surface area (Å²) in [5.41, 5.74) is 6.73. The third-order valence-corrected chi connectivity index (χ3v) is 2.17. The average Bonchev–Trinajstić information content (AvgIpc) is 2.15. The molecule has 0 aliphatic carbocycles. The maximum Gasteiger partial charge on any atom is 0.0342 e. The first-order chi connectivity index (χ1) is 6.70. The van der Waals surface area contributed by atoms with Crippen molar-refractivity contribution in [3.05, 3.63) is 11.9 Å². The van der Waals surface area contributed by atoms with Gasteiger partial charge < -0.3 is 10.7 Å². The van der Waals surface area contributed by atoms with Crippen molar-refractivity contribution in [2.24, 2.45) is 11.6 Å². The second kappa shape index (κ2) is 8.88. The molecule has 3 nitrogen and oxygen atoms in total. The van der Waals surface area contributed by atoms with Crippen molar-refractivity contribution in [1.29, 1.82) is 0 Å². The van der Waals surface area contributed by atoms with Crippen LogP contribution in [0.3, 0.4) is 0 Å². The Morgan fingerprint density at radius 2 is 1.79 bits per heavy atom. The Morgan fingerprint density at radius 3 is 2.36 bits per heavy atom. The molecule has 0 radical (unpaired) electrons. The fraction of sp³-hybridized carbons (Fsp3) is 0.818. The van der Waals surface area contributed by atoms with E-state index in [2.05, 4.69) is 13.8 Å². The lowest BCUT2D eigenvalue weighted by molar-refractivity contribution is 0.379. The lowest BCUT2D eigenvalue weighted by Crippen LogP contribution is -2.27. The van der Waals surface area contributed by atoms with Crippen LogP contribution in [0.25, 0.3) is 0 Å². The molecule has 0 saturated heterocycles. The molecule has 0 saturated carbocycles. The SMILES string of the molecule is CCCCC/C(N)=C/N(N)CCCC. The van der Waals surface area contributed by atoms with Crippen molar-refractivity contribution in [3.8, 4) is 0 Å². The molecule has 0 unspecified atom stereocenters. The van der Waals surface area contributed by atoms with Crippen molar-refractivity contribution in [1.82, 2.24) is 5.01 Å². The van der Waals surface area contributed by atoms with Gasteiger partial charge in [-0.25, -0.2) is 5.84 Å². The number of allylic oxidation sites excluding steroid dienone is 1. The van der Waals surface area contributed by atoms with Crippen LogP contribution in [-0.2, 0) is 0 Å². The Kier molecular flexibility index (Phi) is 8.43. The molecule has 0 aromatic rings. The minimum absolute atomic E-state index is 0.894. The standard InChI is InChI=1S/C11H25N3/c1-3-5-7-8-11(12)10-14(13)9-6-4-2/h10H,3-9,12-13H2,1-2H3/b11-10-. The number of hydrazine groups is 1. The van der Waals surface area contributed by atoms with Gasteiger partial charge in [-0.2, -0.15) is 0 Å². The highest BCUT2D eigenvalue weighted by atomic mass is 15.4. The summed E-state index contributed by atoms with van der Waals surface area (Å²) in [6.45, 7) is 5.24. The van der Waals surface area contributed by atoms with E-state index in [1.165, 1.54) is 19.3 Å². The van der Waals surface area contributed by atoms with Crippen LogP contribution >= 0.6 is 0 Å². The fourth-order valence-corrected chi connectivity index (χ4v) is 1.26. The van der Waals surface area contributed by atoms with Gasteiger partial charge in [0.1, 0.15) is 0 Å². The van der Waals surface area contributed by atoms with Crippen molar-refractivity contribution in [2.45, 2.75) is 52.4 Å². The number of hydrogen-bond acceptors (Lipinski definition) is 3. The summed E-state index contributed by atoms with van der Waals surface area (Å²) in [4.78, 5) is 0. The highest BCUT2D eigenvalue weighted by Gasteiger charge is 1.95. The number of rotatable bonds is 8. The van der Waals surface area contributed by atoms with Crippen molar-refractivity contribution in [2.75, 3.05) is 6.54 Å². The van der Waals surface area contributed by atoms with Crippen LogP contribution in [0.1, 0.15) is 52.4 Å². The predicted molar refractivity (Wildman–Crippen MR) is 62.2 cm³/mol. The normalized spacial score (nSPS) is 11.8. The zero-order valence-electron chi connectivity index (χ0n) is 9.63. The van der Waals surface area contributed by atoms with Crippen LogP contribution in [0, 0.1) is 0 Å². The fourth-order valence-electron chi connectivity index (χ4n) is 1.26. The molecular weight excluding hydrogens is 174 g/mol. The highest BCUT2D eigenvalue weighted by Crippen LogP contribution is 2.04. The lowest BCUT2D eigenvalue weighted by Gasteiger charge is -2.14. The summed E-state index contributed by atoms with van der Waals surface area (Å²) in [7, 11) is 0. The van der Waals surface area contributed by atoms with Crippen LogP contribution in [0.2, 0.25) is 0 Å². The maximum atomic E-state index is 5.83. The summed E-state index contributed by atoms with van der Waals surface area (Å²) in [6, 6.07) is 0. The van der Waals surface area contributed by atoms with E-state index in [0.717, 1.165) is 31.5 Å². The first-order valence-corrected chi connectivity index (χ1v) is 5.68. The van der Waals surface area contributed by atoms with Gasteiger partial charge in [0.15, 0.2) is 0 Å². The molecular formula is C11H25N3. The number of nitrogens with two attached hydrogens (primary N) is 2. The molecule has 0 heterocycles. The Balaban J connectivity index is 3.61. The summed E-state index contributed by atoms with van der Waals surface area (Å²) in [5, 5.41) is 1.70. The molecule has 0 bridgehead atoms. The van der Waals surface area contributed by atoms with Crippen LogP contribution in [0.15, 0.2) is 11.9 Å². The minimum atomic E-state index is 0.894. The molecule has 0 aliphatic rings. The topological polar surface area (TPSA) is 55.3 Å². The first-order valence-electron chi connectivity index (χ1n) is 5.68. The molecule has 3 heteroatoms. The van der Waals surface area contributed by atoms with Gasteiger partial charge in [-0.15, -0.1) is 0 Å². The van der Waals surface area contributed by atoms with Crippen molar-refractivity contribution >= 4 is 0 Å². The van der Waals surface area contributed by atoms with Gasteiger partial charge in [0.25, 0.3) is 0 Å². The summed E-state index contributed by atoms with van der Waals surface area (Å²) in [6.07, 6.45) is 8.76. The molecule has 0 aromatic carbocycles. The van der Waals surface area contributed by atoms with E-state index < -0.39 is 0 Å². The second-order valence-corrected chi connectivity index (χ2v) is 3.75. The molecule has 0 amide bonds. The van der Waals surface area contributed by atoms with E-state index in [1.54, 1.807) is 5.01 Å². The molecule has 0 atom stereocenters. The van der Waals surface area contributed by atoms with Gasteiger partial charge in [-0.3, -0.25) is 0 Å². The zero-order chi connectivity index (χ0) is 10.8. The van der Waals surface area contributed by atoms with Gasteiger partial charge >= 0.3 is 0 Å². The van der Waals surface area contributed by atoms with E-state index in [1.807, 2.05) is 6.20 Å². The van der Waals surface area contributed by atoms with Crippen LogP contribution in [-0.4, -0.2) is 11.6 Å². The largest absolute Gasteiger partial charge is 0.401 e. The Morgan fingerprint density at radius 1 is 1.14 bits per heavy atom. The maximum absolute atomic E-state index is 5.83. The number of hydrogen-bond donors (Lipinski definition) is 2. The first kappa shape index (κ1) is 13.3. The predicted octanol–water partition coefficient (Wildman–Crippen LogP) is 2.34. The van der Waals surface area contributed by atoms with E-state index in [4.69, 9.17) is 11.6 Å². The van der Waals surface area contributed by atoms with Crippen LogP contribution in [0.4, 0.5) is 0 Å². The number of nitrogens with zero attached hydrogens (tertiary/aromatic N) is 1. The molecule has 0 aromatic heterocycles. The summed E-state index contributed by atoms with van der Waals surface area (Å²) in [5.74, 6) is 5.74. The zero-order valence-corrected chi connectivity index (χ0v) is 9.63. The Labute approximate surface area is 88.1 Å². The van der Waals surface area contributed by atoms with Gasteiger partial charge in [0.2, 0.25) is 0 Å². The highest BCUT2D eigenvalue weighted by molar-refractivity contribution is 4.94. The minimum Gasteiger partial charge on any atom is -0.401 e. The van der Waals surface area contributed by atoms with Crippen molar-refractivity contribution < 1.29 is 0 Å². The molecule has 84 valence electrons. The van der Waals surface area contributed by atoms with Gasteiger partial charge in [-0.1, -0.05) is 33.1 Å². The lowest BCUT2D eigenvalue weighted by atomic mass is 10.2. The van der Waals surface area contributed by atoms with E-state index >= 15 is 0 Å². The van der Waals surface area contributed by atoms with E-state index in [-0.39, 0.29) is 0 Å². The van der Waals surface area contributed by atoms with Gasteiger partial charge in [0.05, 0.1) is 0 Å².